The molecule has 1 amide bonds. The maximum atomic E-state index is 13.3. The molecule has 0 aliphatic carbocycles. The minimum Gasteiger partial charge on any atom is -0.337 e. The number of hydrogen-bond acceptors (Lipinski definition) is 5. The van der Waals surface area contributed by atoms with E-state index in [2.05, 4.69) is 13.6 Å². The van der Waals surface area contributed by atoms with E-state index in [4.69, 9.17) is 0 Å². The van der Waals surface area contributed by atoms with Crippen LogP contribution in [0.25, 0.3) is 0 Å². The van der Waals surface area contributed by atoms with Crippen molar-refractivity contribution in [3.63, 3.8) is 0 Å². The Morgan fingerprint density at radius 3 is 3.08 bits per heavy atom. The lowest BCUT2D eigenvalue weighted by Gasteiger charge is -2.35. The third-order valence-electron chi connectivity index (χ3n) is 4.94. The molecule has 140 valence electrons. The third-order valence-corrected chi connectivity index (χ3v) is 5.41. The second-order valence-electron chi connectivity index (χ2n) is 6.83. The van der Waals surface area contributed by atoms with Crippen LogP contribution in [0.4, 0.5) is 4.39 Å². The van der Waals surface area contributed by atoms with Gasteiger partial charge in [0, 0.05) is 26.2 Å². The highest BCUT2D eigenvalue weighted by molar-refractivity contribution is 6.99. The van der Waals surface area contributed by atoms with E-state index in [0.717, 1.165) is 62.7 Å². The molecule has 2 heterocycles. The summed E-state index contributed by atoms with van der Waals surface area (Å²) in [6.07, 6.45) is 4.67. The van der Waals surface area contributed by atoms with Crippen LogP contribution in [-0.2, 0) is 6.42 Å². The number of hydrogen-bond donors (Lipinski definition) is 0. The summed E-state index contributed by atoms with van der Waals surface area (Å²) < 4.78 is 21.3. The number of aromatic nitrogens is 2. The minimum absolute atomic E-state index is 0.0295. The van der Waals surface area contributed by atoms with E-state index in [1.165, 1.54) is 6.07 Å². The number of amides is 1. The predicted octanol–water partition coefficient (Wildman–Crippen LogP) is 3.09. The van der Waals surface area contributed by atoms with Crippen molar-refractivity contribution in [2.24, 2.45) is 5.92 Å². The van der Waals surface area contributed by atoms with E-state index in [-0.39, 0.29) is 11.7 Å². The van der Waals surface area contributed by atoms with E-state index in [1.807, 2.05) is 17.9 Å². The molecule has 0 saturated carbocycles. The molecular formula is C19H25FN4OS. The summed E-state index contributed by atoms with van der Waals surface area (Å²) in [4.78, 5) is 16.8. The average molecular weight is 377 g/mol. The van der Waals surface area contributed by atoms with Crippen LogP contribution < -0.4 is 0 Å². The molecular weight excluding hydrogens is 351 g/mol. The lowest BCUT2D eigenvalue weighted by atomic mass is 9.96. The third kappa shape index (κ3) is 5.08. The summed E-state index contributed by atoms with van der Waals surface area (Å²) >= 11 is 1.07. The van der Waals surface area contributed by atoms with Gasteiger partial charge < -0.3 is 9.80 Å². The standard InChI is InChI=1S/C19H25FN4OS/c1-2-24(19(25)18-12-21-26-22-18)14-16-6-4-9-23(13-16)10-8-15-5-3-7-17(20)11-15/h3,5,7,11-12,16H,2,4,6,8-10,13-14H2,1H3. The molecule has 0 N–H and O–H groups in total. The second kappa shape index (κ2) is 9.19. The Bertz CT molecular complexity index is 709. The van der Waals surface area contributed by atoms with Crippen LogP contribution in [0, 0.1) is 11.7 Å². The Hall–Kier alpha value is -1.86. The zero-order valence-electron chi connectivity index (χ0n) is 15.1. The highest BCUT2D eigenvalue weighted by atomic mass is 32.1. The smallest absolute Gasteiger partial charge is 0.275 e. The largest absolute Gasteiger partial charge is 0.337 e. The second-order valence-corrected chi connectivity index (χ2v) is 7.38. The molecule has 0 bridgehead atoms. The molecule has 1 aromatic carbocycles. The molecule has 1 fully saturated rings. The lowest BCUT2D eigenvalue weighted by molar-refractivity contribution is 0.0686. The summed E-state index contributed by atoms with van der Waals surface area (Å²) in [6.45, 7) is 6.41. The number of rotatable bonds is 7. The molecule has 1 aliphatic rings. The Morgan fingerprint density at radius 1 is 1.46 bits per heavy atom. The topological polar surface area (TPSA) is 49.3 Å². The number of likely N-dealkylation sites (tertiary alicyclic amines) is 1. The molecule has 1 unspecified atom stereocenters. The molecule has 26 heavy (non-hydrogen) atoms. The van der Waals surface area contributed by atoms with Crippen LogP contribution in [0.2, 0.25) is 0 Å². The highest BCUT2D eigenvalue weighted by Crippen LogP contribution is 2.19. The van der Waals surface area contributed by atoms with Gasteiger partial charge in [-0.2, -0.15) is 8.75 Å². The fraction of sp³-hybridized carbons (Fsp3) is 0.526. The summed E-state index contributed by atoms with van der Waals surface area (Å²) in [5.74, 6) is 0.262. The normalized spacial score (nSPS) is 18.0. The van der Waals surface area contributed by atoms with Crippen LogP contribution in [0.3, 0.4) is 0 Å². The van der Waals surface area contributed by atoms with Crippen LogP contribution in [0.1, 0.15) is 35.8 Å². The molecule has 2 aromatic rings. The van der Waals surface area contributed by atoms with Crippen molar-refractivity contribution in [3.05, 3.63) is 47.5 Å². The van der Waals surface area contributed by atoms with Crippen LogP contribution in [0.5, 0.6) is 0 Å². The Kier molecular flexibility index (Phi) is 6.68. The average Bonchev–Trinajstić information content (AvgIpc) is 3.19. The molecule has 1 aromatic heterocycles. The van der Waals surface area contributed by atoms with E-state index < -0.39 is 0 Å². The minimum atomic E-state index is -0.173. The number of carbonyl (C=O) groups excluding carboxylic acids is 1. The maximum Gasteiger partial charge on any atom is 0.275 e. The van der Waals surface area contributed by atoms with Crippen molar-refractivity contribution >= 4 is 17.6 Å². The van der Waals surface area contributed by atoms with Gasteiger partial charge in [0.05, 0.1) is 17.9 Å². The molecule has 5 nitrogen and oxygen atoms in total. The molecule has 0 radical (unpaired) electrons. The summed E-state index contributed by atoms with van der Waals surface area (Å²) in [5, 5.41) is 0. The predicted molar refractivity (Wildman–Crippen MR) is 101 cm³/mol. The first kappa shape index (κ1) is 18.9. The van der Waals surface area contributed by atoms with Gasteiger partial charge in [0.1, 0.15) is 5.82 Å². The Balaban J connectivity index is 1.51. The van der Waals surface area contributed by atoms with Crippen LogP contribution in [0.15, 0.2) is 30.5 Å². The number of nitrogens with zero attached hydrogens (tertiary/aromatic N) is 4. The molecule has 1 atom stereocenters. The van der Waals surface area contributed by atoms with Gasteiger partial charge in [0.15, 0.2) is 5.69 Å². The Morgan fingerprint density at radius 2 is 2.35 bits per heavy atom. The molecule has 3 rings (SSSR count). The number of halogens is 1. The van der Waals surface area contributed by atoms with Gasteiger partial charge in [0.25, 0.3) is 5.91 Å². The fourth-order valence-electron chi connectivity index (χ4n) is 3.57. The summed E-state index contributed by atoms with van der Waals surface area (Å²) in [7, 11) is 0. The first-order chi connectivity index (χ1) is 12.7. The highest BCUT2D eigenvalue weighted by Gasteiger charge is 2.25. The summed E-state index contributed by atoms with van der Waals surface area (Å²) in [6, 6.07) is 6.83. The van der Waals surface area contributed by atoms with E-state index in [9.17, 15) is 9.18 Å². The number of benzene rings is 1. The van der Waals surface area contributed by atoms with Gasteiger partial charge in [-0.1, -0.05) is 12.1 Å². The zero-order chi connectivity index (χ0) is 18.4. The molecule has 1 aliphatic heterocycles. The maximum absolute atomic E-state index is 13.3. The van der Waals surface area contributed by atoms with Gasteiger partial charge in [-0.15, -0.1) is 0 Å². The van der Waals surface area contributed by atoms with Gasteiger partial charge in [0.2, 0.25) is 0 Å². The van der Waals surface area contributed by atoms with Crippen molar-refractivity contribution in [2.75, 3.05) is 32.7 Å². The van der Waals surface area contributed by atoms with E-state index in [1.54, 1.807) is 18.3 Å². The number of piperidine rings is 1. The van der Waals surface area contributed by atoms with Crippen molar-refractivity contribution < 1.29 is 9.18 Å². The van der Waals surface area contributed by atoms with Gasteiger partial charge >= 0.3 is 0 Å². The molecule has 0 spiro atoms. The fourth-order valence-corrected chi connectivity index (χ4v) is 3.98. The zero-order valence-corrected chi connectivity index (χ0v) is 15.9. The van der Waals surface area contributed by atoms with Crippen LogP contribution >= 0.6 is 11.7 Å². The van der Waals surface area contributed by atoms with Crippen molar-refractivity contribution in [2.45, 2.75) is 26.2 Å². The Labute approximate surface area is 158 Å². The SMILES string of the molecule is CCN(CC1CCCN(CCc2cccc(F)c2)C1)C(=O)c1cnsn1. The first-order valence-corrected chi connectivity index (χ1v) is 9.92. The van der Waals surface area contributed by atoms with Crippen LogP contribution in [-0.4, -0.2) is 57.2 Å². The number of carbonyl (C=O) groups is 1. The van der Waals surface area contributed by atoms with Crippen molar-refractivity contribution in [1.82, 2.24) is 18.5 Å². The van der Waals surface area contributed by atoms with E-state index in [0.29, 0.717) is 18.2 Å². The van der Waals surface area contributed by atoms with Gasteiger partial charge in [-0.3, -0.25) is 4.79 Å². The lowest BCUT2D eigenvalue weighted by Crippen LogP contribution is -2.43. The monoisotopic (exact) mass is 376 g/mol. The van der Waals surface area contributed by atoms with Gasteiger partial charge in [-0.25, -0.2) is 4.39 Å². The summed E-state index contributed by atoms with van der Waals surface area (Å²) in [5.41, 5.74) is 1.48. The van der Waals surface area contributed by atoms with Crippen molar-refractivity contribution in [3.8, 4) is 0 Å². The first-order valence-electron chi connectivity index (χ1n) is 9.19. The molecule has 7 heteroatoms. The van der Waals surface area contributed by atoms with E-state index >= 15 is 0 Å². The quantitative estimate of drug-likeness (QED) is 0.745. The van der Waals surface area contributed by atoms with Crippen molar-refractivity contribution in [1.29, 1.82) is 0 Å². The van der Waals surface area contributed by atoms with Gasteiger partial charge in [-0.05, 0) is 56.3 Å². The molecule has 1 saturated heterocycles.